The van der Waals surface area contributed by atoms with Crippen molar-refractivity contribution in [1.82, 2.24) is 4.90 Å². The number of aliphatic hydroxyl groups is 1. The molecule has 234 valence electrons. The smallest absolute Gasteiger partial charge is 0.253 e. The first-order valence-corrected chi connectivity index (χ1v) is 15.7. The number of carbonyl (C=O) groups excluding carboxylic acids is 3. The summed E-state index contributed by atoms with van der Waals surface area (Å²) in [4.78, 5) is 48.9. The maximum atomic E-state index is 14.9. The second-order valence-electron chi connectivity index (χ2n) is 12.7. The Kier molecular flexibility index (Phi) is 8.14. The van der Waals surface area contributed by atoms with Crippen molar-refractivity contribution in [3.8, 4) is 0 Å². The molecule has 3 saturated heterocycles. The van der Waals surface area contributed by atoms with Crippen molar-refractivity contribution in [2.24, 2.45) is 17.8 Å². The molecule has 3 aliphatic heterocycles. The summed E-state index contributed by atoms with van der Waals surface area (Å²) in [5, 5.41) is 11.8. The van der Waals surface area contributed by atoms with Crippen molar-refractivity contribution in [3.63, 3.8) is 0 Å². The number of aliphatic hydroxyl groups excluding tert-OH is 1. The number of para-hydroxylation sites is 1. The van der Waals surface area contributed by atoms with Crippen LogP contribution in [0.5, 0.6) is 0 Å². The van der Waals surface area contributed by atoms with E-state index in [0.29, 0.717) is 24.2 Å². The average molecular weight is 608 g/mol. The third kappa shape index (κ3) is 4.78. The molecule has 2 bridgehead atoms. The average Bonchev–Trinajstić information content (AvgIpc) is 3.57. The van der Waals surface area contributed by atoms with Gasteiger partial charge in [0.15, 0.2) is 0 Å². The Morgan fingerprint density at radius 2 is 1.60 bits per heavy atom. The predicted molar refractivity (Wildman–Crippen MR) is 176 cm³/mol. The number of ether oxygens (including phenoxy) is 1. The van der Waals surface area contributed by atoms with Crippen molar-refractivity contribution < 1.29 is 24.2 Å². The van der Waals surface area contributed by atoms with Crippen LogP contribution in [-0.2, 0) is 19.1 Å². The minimum Gasteiger partial charge on any atom is -0.396 e. The van der Waals surface area contributed by atoms with E-state index in [4.69, 9.17) is 4.74 Å². The van der Waals surface area contributed by atoms with E-state index in [2.05, 4.69) is 13.2 Å². The Labute approximate surface area is 264 Å². The van der Waals surface area contributed by atoms with Crippen molar-refractivity contribution in [2.45, 2.75) is 43.9 Å². The Morgan fingerprint density at radius 3 is 2.27 bits per heavy atom. The van der Waals surface area contributed by atoms with Crippen LogP contribution in [0, 0.1) is 17.8 Å². The highest BCUT2D eigenvalue weighted by atomic mass is 16.5. The van der Waals surface area contributed by atoms with Crippen LogP contribution in [0.4, 0.5) is 11.4 Å². The molecule has 3 aliphatic rings. The van der Waals surface area contributed by atoms with Gasteiger partial charge in [0.25, 0.3) is 5.91 Å². The van der Waals surface area contributed by atoms with Crippen LogP contribution in [0.2, 0.25) is 0 Å². The molecule has 1 spiro atoms. The number of benzene rings is 3. The monoisotopic (exact) mass is 607 g/mol. The number of amides is 3. The van der Waals surface area contributed by atoms with Crippen molar-refractivity contribution in [1.29, 1.82) is 0 Å². The number of hydrogen-bond acceptors (Lipinski definition) is 5. The van der Waals surface area contributed by atoms with E-state index in [9.17, 15) is 19.5 Å². The van der Waals surface area contributed by atoms with E-state index in [1.807, 2.05) is 86.6 Å². The van der Waals surface area contributed by atoms with E-state index in [0.717, 1.165) is 10.8 Å². The summed E-state index contributed by atoms with van der Waals surface area (Å²) in [6.45, 7) is 12.3. The zero-order chi connectivity index (χ0) is 31.9. The van der Waals surface area contributed by atoms with Gasteiger partial charge in [0.2, 0.25) is 11.8 Å². The highest BCUT2D eigenvalue weighted by Crippen LogP contribution is 2.65. The molecule has 0 saturated carbocycles. The number of likely N-dealkylation sites (tertiary alicyclic amines) is 1. The second kappa shape index (κ2) is 11.9. The third-order valence-electron chi connectivity index (χ3n) is 10.1. The lowest BCUT2D eigenvalue weighted by molar-refractivity contribution is -0.146. The van der Waals surface area contributed by atoms with Crippen LogP contribution >= 0.6 is 0 Å². The van der Waals surface area contributed by atoms with Gasteiger partial charge in [-0.1, -0.05) is 67.6 Å². The van der Waals surface area contributed by atoms with Crippen LogP contribution in [0.15, 0.2) is 98.1 Å². The SMILES string of the molecule is C=CCN(C(=O)C1N(CCCO)C(=O)[C@@H]2[C@@H](C(=O)N(CC=C)c3ccccc3)[C@]3(C)OC12CC3C)c1ccc2ccccc2c1. The lowest BCUT2D eigenvalue weighted by Gasteiger charge is -2.39. The molecule has 8 heteroatoms. The van der Waals surface area contributed by atoms with E-state index in [1.54, 1.807) is 26.9 Å². The topological polar surface area (TPSA) is 90.4 Å². The minimum absolute atomic E-state index is 0.0986. The zero-order valence-corrected chi connectivity index (χ0v) is 26.0. The quantitative estimate of drug-likeness (QED) is 0.311. The fourth-order valence-corrected chi connectivity index (χ4v) is 8.05. The second-order valence-corrected chi connectivity index (χ2v) is 12.7. The summed E-state index contributed by atoms with van der Waals surface area (Å²) in [7, 11) is 0. The van der Waals surface area contributed by atoms with Gasteiger partial charge < -0.3 is 24.5 Å². The molecular weight excluding hydrogens is 566 g/mol. The summed E-state index contributed by atoms with van der Waals surface area (Å²) >= 11 is 0. The molecule has 8 nitrogen and oxygen atoms in total. The summed E-state index contributed by atoms with van der Waals surface area (Å²) in [6, 6.07) is 22.2. The summed E-state index contributed by atoms with van der Waals surface area (Å²) < 4.78 is 6.96. The number of carbonyl (C=O) groups is 3. The molecule has 3 heterocycles. The van der Waals surface area contributed by atoms with Gasteiger partial charge in [-0.25, -0.2) is 0 Å². The summed E-state index contributed by atoms with van der Waals surface area (Å²) in [5.74, 6) is -2.54. The molecule has 3 aromatic rings. The molecular formula is C37H41N3O5. The molecule has 1 N–H and O–H groups in total. The molecule has 45 heavy (non-hydrogen) atoms. The molecule has 6 rings (SSSR count). The third-order valence-corrected chi connectivity index (χ3v) is 10.1. The summed E-state index contributed by atoms with van der Waals surface area (Å²) in [6.07, 6.45) is 4.11. The van der Waals surface area contributed by atoms with Gasteiger partial charge in [-0.15, -0.1) is 13.2 Å². The normalized spacial score (nSPS) is 28.2. The van der Waals surface area contributed by atoms with Crippen LogP contribution in [0.25, 0.3) is 10.8 Å². The van der Waals surface area contributed by atoms with Gasteiger partial charge in [0, 0.05) is 37.6 Å². The molecule has 0 radical (unpaired) electrons. The molecule has 0 aliphatic carbocycles. The Hall–Kier alpha value is -4.27. The highest BCUT2D eigenvalue weighted by molar-refractivity contribution is 6.07. The predicted octanol–water partition coefficient (Wildman–Crippen LogP) is 4.97. The maximum Gasteiger partial charge on any atom is 0.253 e. The minimum atomic E-state index is -1.20. The fourth-order valence-electron chi connectivity index (χ4n) is 8.05. The fraction of sp³-hybridized carbons (Fsp3) is 0.378. The van der Waals surface area contributed by atoms with Gasteiger partial charge in [0.1, 0.15) is 11.6 Å². The van der Waals surface area contributed by atoms with Crippen LogP contribution in [-0.4, -0.2) is 71.2 Å². The van der Waals surface area contributed by atoms with E-state index >= 15 is 0 Å². The zero-order valence-electron chi connectivity index (χ0n) is 26.0. The van der Waals surface area contributed by atoms with Gasteiger partial charge in [-0.3, -0.25) is 14.4 Å². The molecule has 3 aromatic carbocycles. The number of nitrogens with zero attached hydrogens (tertiary/aromatic N) is 3. The molecule has 6 atom stereocenters. The van der Waals surface area contributed by atoms with Crippen molar-refractivity contribution in [2.75, 3.05) is 36.0 Å². The van der Waals surface area contributed by atoms with Gasteiger partial charge >= 0.3 is 0 Å². The van der Waals surface area contributed by atoms with Crippen molar-refractivity contribution in [3.05, 3.63) is 98.1 Å². The first-order chi connectivity index (χ1) is 21.7. The first kappa shape index (κ1) is 30.7. The van der Waals surface area contributed by atoms with Gasteiger partial charge in [0.05, 0.1) is 17.4 Å². The first-order valence-electron chi connectivity index (χ1n) is 15.7. The van der Waals surface area contributed by atoms with Crippen LogP contribution in [0.3, 0.4) is 0 Å². The van der Waals surface area contributed by atoms with E-state index in [1.165, 1.54) is 0 Å². The largest absolute Gasteiger partial charge is 0.396 e. The molecule has 0 aromatic heterocycles. The van der Waals surface area contributed by atoms with E-state index in [-0.39, 0.29) is 49.9 Å². The number of rotatable bonds is 11. The number of hydrogen-bond donors (Lipinski definition) is 1. The van der Waals surface area contributed by atoms with Crippen molar-refractivity contribution >= 4 is 39.9 Å². The lowest BCUT2D eigenvalue weighted by Crippen LogP contribution is -2.57. The molecule has 3 unspecified atom stereocenters. The standard InChI is InChI=1S/C37H41N3O5/c1-5-19-38(28-15-8-7-9-16-28)33(42)30-31-34(43)40(21-12-22-41)32(37(31)24-25(3)36(30,4)45-37)35(44)39(20-6-2)29-18-17-26-13-10-11-14-27(26)23-29/h5-11,13-18,23,25,30-32,41H,1-2,12,19-22,24H2,3-4H3/t25?,30-,31-,32?,36+,37?/m0/s1. The maximum absolute atomic E-state index is 14.9. The van der Waals surface area contributed by atoms with Crippen LogP contribution < -0.4 is 9.80 Å². The highest BCUT2D eigenvalue weighted by Gasteiger charge is 2.80. The Morgan fingerprint density at radius 1 is 0.956 bits per heavy atom. The Bertz CT molecular complexity index is 1640. The number of fused-ring (bicyclic) bond motifs is 2. The van der Waals surface area contributed by atoms with Gasteiger partial charge in [-0.2, -0.15) is 0 Å². The lowest BCUT2D eigenvalue weighted by atomic mass is 9.62. The number of anilines is 2. The molecule has 3 fully saturated rings. The molecule has 3 amide bonds. The van der Waals surface area contributed by atoms with Gasteiger partial charge in [-0.05, 0) is 60.7 Å². The summed E-state index contributed by atoms with van der Waals surface area (Å²) in [5.41, 5.74) is -0.766. The van der Waals surface area contributed by atoms with Crippen LogP contribution in [0.1, 0.15) is 26.7 Å². The van der Waals surface area contributed by atoms with E-state index < -0.39 is 29.1 Å². The Balaban J connectivity index is 1.45.